The Morgan fingerprint density at radius 2 is 2.04 bits per heavy atom. The van der Waals surface area contributed by atoms with Crippen molar-refractivity contribution in [3.63, 3.8) is 0 Å². The van der Waals surface area contributed by atoms with E-state index in [1.807, 2.05) is 11.8 Å². The number of nitrogens with zero attached hydrogens (tertiary/aromatic N) is 3. The molecule has 0 spiro atoms. The molecule has 1 aliphatic rings. The molecule has 0 radical (unpaired) electrons. The van der Waals surface area contributed by atoms with Gasteiger partial charge >= 0.3 is 12.2 Å². The third kappa shape index (κ3) is 5.49. The van der Waals surface area contributed by atoms with Crippen LogP contribution in [0.4, 0.5) is 29.3 Å². The predicted octanol–water partition coefficient (Wildman–Crippen LogP) is 2.69. The summed E-state index contributed by atoms with van der Waals surface area (Å²) < 4.78 is 40.3. The smallest absolute Gasteiger partial charge is 0.392 e. The summed E-state index contributed by atoms with van der Waals surface area (Å²) in [5.74, 6) is 0. The zero-order valence-electron chi connectivity index (χ0n) is 16.0. The van der Waals surface area contributed by atoms with Crippen molar-refractivity contribution in [1.82, 2.24) is 9.80 Å². The number of aliphatic hydroxyl groups excluding tert-OH is 1. The summed E-state index contributed by atoms with van der Waals surface area (Å²) in [4.78, 5) is 17.7. The lowest BCUT2D eigenvalue weighted by molar-refractivity contribution is -0.136. The van der Waals surface area contributed by atoms with Gasteiger partial charge in [0.1, 0.15) is 0 Å². The van der Waals surface area contributed by atoms with E-state index in [4.69, 9.17) is 0 Å². The van der Waals surface area contributed by atoms with E-state index >= 15 is 0 Å². The van der Waals surface area contributed by atoms with Gasteiger partial charge in [-0.1, -0.05) is 0 Å². The van der Waals surface area contributed by atoms with Gasteiger partial charge in [0.2, 0.25) is 0 Å². The second-order valence-electron chi connectivity index (χ2n) is 7.20. The molecule has 2 unspecified atom stereocenters. The molecule has 1 saturated heterocycles. The lowest BCUT2D eigenvalue weighted by Crippen LogP contribution is -2.56. The number of carbonyl (C=O) groups excluding carboxylic acids is 1. The molecule has 27 heavy (non-hydrogen) atoms. The SMILES string of the molecule is CC(O)CN1CCN(C(=O)Nc2ccc(N(C)C)cc2C(F)(F)F)C(C)C1. The maximum absolute atomic E-state index is 13.4. The van der Waals surface area contributed by atoms with Gasteiger partial charge in [0.25, 0.3) is 0 Å². The Morgan fingerprint density at radius 1 is 1.37 bits per heavy atom. The first kappa shape index (κ1) is 21.3. The molecule has 2 atom stereocenters. The summed E-state index contributed by atoms with van der Waals surface area (Å²) in [7, 11) is 3.31. The molecule has 1 aromatic carbocycles. The molecule has 0 aromatic heterocycles. The zero-order valence-corrected chi connectivity index (χ0v) is 16.0. The highest BCUT2D eigenvalue weighted by Crippen LogP contribution is 2.37. The van der Waals surface area contributed by atoms with Gasteiger partial charge in [0.05, 0.1) is 17.4 Å². The van der Waals surface area contributed by atoms with Crippen LogP contribution in [0.25, 0.3) is 0 Å². The Kier molecular flexibility index (Phi) is 6.59. The Labute approximate surface area is 157 Å². The van der Waals surface area contributed by atoms with Crippen LogP contribution in [0.3, 0.4) is 0 Å². The minimum Gasteiger partial charge on any atom is -0.392 e. The fourth-order valence-electron chi connectivity index (χ4n) is 3.22. The highest BCUT2D eigenvalue weighted by molar-refractivity contribution is 5.91. The first-order valence-corrected chi connectivity index (χ1v) is 8.85. The van der Waals surface area contributed by atoms with E-state index in [0.717, 1.165) is 6.07 Å². The van der Waals surface area contributed by atoms with E-state index < -0.39 is 23.9 Å². The Hall–Kier alpha value is -2.00. The minimum atomic E-state index is -4.57. The highest BCUT2D eigenvalue weighted by atomic mass is 19.4. The van der Waals surface area contributed by atoms with Crippen molar-refractivity contribution in [2.45, 2.75) is 32.2 Å². The van der Waals surface area contributed by atoms with Crippen LogP contribution in [0.5, 0.6) is 0 Å². The molecule has 2 amide bonds. The van der Waals surface area contributed by atoms with Crippen molar-refractivity contribution in [3.8, 4) is 0 Å². The molecule has 0 aliphatic carbocycles. The summed E-state index contributed by atoms with van der Waals surface area (Å²) in [5, 5.41) is 11.9. The zero-order chi connectivity index (χ0) is 20.4. The first-order valence-electron chi connectivity index (χ1n) is 8.85. The summed E-state index contributed by atoms with van der Waals surface area (Å²) in [6.45, 7) is 5.55. The fraction of sp³-hybridized carbons (Fsp3) is 0.611. The maximum Gasteiger partial charge on any atom is 0.418 e. The van der Waals surface area contributed by atoms with E-state index in [9.17, 15) is 23.1 Å². The number of urea groups is 1. The number of amides is 2. The standard InChI is InChI=1S/C18H27F3N4O2/c1-12-10-24(11-13(2)26)7-8-25(12)17(27)22-16-6-5-14(23(3)4)9-15(16)18(19,20)21/h5-6,9,12-13,26H,7-8,10-11H2,1-4H3,(H,22,27). The third-order valence-electron chi connectivity index (χ3n) is 4.56. The molecule has 0 saturated carbocycles. The molecular formula is C18H27F3N4O2. The number of β-amino-alcohol motifs (C(OH)–C–C–N with tert-alkyl or cyclic N) is 1. The van der Waals surface area contributed by atoms with Crippen LogP contribution in [0.2, 0.25) is 0 Å². The van der Waals surface area contributed by atoms with Crippen LogP contribution in [0.15, 0.2) is 18.2 Å². The Bertz CT molecular complexity index is 664. The van der Waals surface area contributed by atoms with E-state index in [1.165, 1.54) is 17.0 Å². The van der Waals surface area contributed by atoms with Crippen molar-refractivity contribution < 1.29 is 23.1 Å². The van der Waals surface area contributed by atoms with Gasteiger partial charge in [-0.15, -0.1) is 0 Å². The molecule has 1 aromatic rings. The van der Waals surface area contributed by atoms with Gasteiger partial charge in [-0.2, -0.15) is 13.2 Å². The summed E-state index contributed by atoms with van der Waals surface area (Å²) >= 11 is 0. The molecule has 6 nitrogen and oxygen atoms in total. The average Bonchev–Trinajstić information content (AvgIpc) is 2.53. The Balaban J connectivity index is 2.14. The first-order chi connectivity index (χ1) is 12.5. The normalized spacial score (nSPS) is 19.7. The number of piperazine rings is 1. The quantitative estimate of drug-likeness (QED) is 0.833. The predicted molar refractivity (Wildman–Crippen MR) is 99.1 cm³/mol. The number of nitrogens with one attached hydrogen (secondary N) is 1. The number of anilines is 2. The molecule has 152 valence electrons. The minimum absolute atomic E-state index is 0.173. The second-order valence-corrected chi connectivity index (χ2v) is 7.20. The van der Waals surface area contributed by atoms with Crippen molar-refractivity contribution in [1.29, 1.82) is 0 Å². The second kappa shape index (κ2) is 8.35. The molecule has 1 aliphatic heterocycles. The van der Waals surface area contributed by atoms with Gasteiger partial charge in [0.15, 0.2) is 0 Å². The van der Waals surface area contributed by atoms with Crippen LogP contribution >= 0.6 is 0 Å². The number of hydrogen-bond acceptors (Lipinski definition) is 4. The maximum atomic E-state index is 13.4. The molecule has 2 N–H and O–H groups in total. The topological polar surface area (TPSA) is 59.1 Å². The van der Waals surface area contributed by atoms with Crippen molar-refractivity contribution in [3.05, 3.63) is 23.8 Å². The largest absolute Gasteiger partial charge is 0.418 e. The fourth-order valence-corrected chi connectivity index (χ4v) is 3.22. The van der Waals surface area contributed by atoms with Crippen LogP contribution in [0, 0.1) is 0 Å². The van der Waals surface area contributed by atoms with Crippen LogP contribution in [0.1, 0.15) is 19.4 Å². The number of carbonyl (C=O) groups is 1. The number of benzene rings is 1. The van der Waals surface area contributed by atoms with E-state index in [1.54, 1.807) is 25.9 Å². The Morgan fingerprint density at radius 3 is 2.56 bits per heavy atom. The summed E-state index contributed by atoms with van der Waals surface area (Å²) in [6, 6.07) is 3.12. The van der Waals surface area contributed by atoms with Crippen LogP contribution < -0.4 is 10.2 Å². The van der Waals surface area contributed by atoms with Crippen LogP contribution in [-0.2, 0) is 6.18 Å². The molecule has 0 bridgehead atoms. The van der Waals surface area contributed by atoms with Gasteiger partial charge < -0.3 is 20.2 Å². The van der Waals surface area contributed by atoms with E-state index in [0.29, 0.717) is 31.9 Å². The van der Waals surface area contributed by atoms with Gasteiger partial charge in [-0.05, 0) is 32.0 Å². The monoisotopic (exact) mass is 388 g/mol. The molecule has 1 heterocycles. The van der Waals surface area contributed by atoms with Crippen molar-refractivity contribution in [2.24, 2.45) is 0 Å². The lowest BCUT2D eigenvalue weighted by Gasteiger charge is -2.40. The highest BCUT2D eigenvalue weighted by Gasteiger charge is 2.35. The molecule has 1 fully saturated rings. The van der Waals surface area contributed by atoms with Gasteiger partial charge in [-0.25, -0.2) is 4.79 Å². The number of alkyl halides is 3. The van der Waals surface area contributed by atoms with Crippen LogP contribution in [-0.4, -0.2) is 73.4 Å². The summed E-state index contributed by atoms with van der Waals surface area (Å²) in [5.41, 5.74) is -0.723. The number of hydrogen-bond donors (Lipinski definition) is 2. The van der Waals surface area contributed by atoms with Crippen molar-refractivity contribution in [2.75, 3.05) is 50.5 Å². The lowest BCUT2D eigenvalue weighted by atomic mass is 10.1. The number of aliphatic hydroxyl groups is 1. The van der Waals surface area contributed by atoms with E-state index in [2.05, 4.69) is 5.32 Å². The van der Waals surface area contributed by atoms with Gasteiger partial charge in [0, 0.05) is 52.0 Å². The number of rotatable bonds is 4. The third-order valence-corrected chi connectivity index (χ3v) is 4.56. The molecule has 2 rings (SSSR count). The van der Waals surface area contributed by atoms with Crippen molar-refractivity contribution >= 4 is 17.4 Å². The average molecular weight is 388 g/mol. The van der Waals surface area contributed by atoms with E-state index in [-0.39, 0.29) is 11.7 Å². The van der Waals surface area contributed by atoms with Gasteiger partial charge in [-0.3, -0.25) is 4.90 Å². The number of halogens is 3. The molecular weight excluding hydrogens is 361 g/mol. The summed E-state index contributed by atoms with van der Waals surface area (Å²) in [6.07, 6.45) is -5.04. The molecule has 9 heteroatoms.